The molecule has 10 heteroatoms. The maximum Gasteiger partial charge on any atom is 0.275 e. The van der Waals surface area contributed by atoms with Gasteiger partial charge >= 0.3 is 0 Å². The van der Waals surface area contributed by atoms with Crippen LogP contribution < -0.4 is 9.47 Å². The summed E-state index contributed by atoms with van der Waals surface area (Å²) < 4.78 is 18.2. The first kappa shape index (κ1) is 21.3. The predicted molar refractivity (Wildman–Crippen MR) is 120 cm³/mol. The third-order valence-corrected chi connectivity index (χ3v) is 6.04. The van der Waals surface area contributed by atoms with Crippen LogP contribution in [0.2, 0.25) is 0 Å². The Morgan fingerprint density at radius 2 is 2.00 bits per heavy atom. The van der Waals surface area contributed by atoms with Gasteiger partial charge in [0.15, 0.2) is 17.1 Å². The van der Waals surface area contributed by atoms with Crippen molar-refractivity contribution in [1.29, 1.82) is 0 Å². The molecular weight excluding hydrogens is 422 g/mol. The van der Waals surface area contributed by atoms with Crippen molar-refractivity contribution in [2.45, 2.75) is 39.2 Å². The van der Waals surface area contributed by atoms with Crippen LogP contribution in [0.1, 0.15) is 42.8 Å². The molecule has 4 aromatic heterocycles. The van der Waals surface area contributed by atoms with Gasteiger partial charge < -0.3 is 18.9 Å². The van der Waals surface area contributed by atoms with Crippen LogP contribution >= 0.6 is 0 Å². The second-order valence-electron chi connectivity index (χ2n) is 8.19. The van der Waals surface area contributed by atoms with Crippen LogP contribution in [0.25, 0.3) is 17.2 Å². The molecule has 1 aliphatic rings. The van der Waals surface area contributed by atoms with E-state index in [1.165, 1.54) is 0 Å². The van der Waals surface area contributed by atoms with Crippen LogP contribution in [-0.2, 0) is 6.61 Å². The molecule has 33 heavy (non-hydrogen) atoms. The fraction of sp³-hybridized carbons (Fsp3) is 0.435. The molecule has 4 aromatic rings. The SMILES string of the molecule is CCN1CCC(c2cccc(COc3nn4c(-c5cc(C)on5)nnc4cc3OC)n2)CC1. The van der Waals surface area contributed by atoms with Crippen molar-refractivity contribution in [3.05, 3.63) is 47.5 Å². The highest BCUT2D eigenvalue weighted by Crippen LogP contribution is 2.29. The maximum absolute atomic E-state index is 6.04. The molecule has 0 amide bonds. The topological polar surface area (TPSA) is 104 Å². The highest BCUT2D eigenvalue weighted by molar-refractivity contribution is 5.56. The summed E-state index contributed by atoms with van der Waals surface area (Å²) >= 11 is 0. The summed E-state index contributed by atoms with van der Waals surface area (Å²) in [5, 5.41) is 16.9. The van der Waals surface area contributed by atoms with Crippen molar-refractivity contribution in [3.63, 3.8) is 0 Å². The molecular formula is C23H27N7O3. The number of hydrogen-bond acceptors (Lipinski definition) is 9. The Balaban J connectivity index is 1.36. The van der Waals surface area contributed by atoms with Crippen LogP contribution in [0.15, 0.2) is 34.9 Å². The van der Waals surface area contributed by atoms with E-state index in [1.54, 1.807) is 23.8 Å². The second kappa shape index (κ2) is 9.14. The van der Waals surface area contributed by atoms with E-state index in [2.05, 4.69) is 38.3 Å². The Labute approximate surface area is 191 Å². The van der Waals surface area contributed by atoms with Gasteiger partial charge in [0.1, 0.15) is 12.4 Å². The van der Waals surface area contributed by atoms with Crippen molar-refractivity contribution in [2.75, 3.05) is 26.7 Å². The summed E-state index contributed by atoms with van der Waals surface area (Å²) in [6.07, 6.45) is 2.27. The standard InChI is InChI=1S/C23H27N7O3/c1-4-29-10-8-16(9-11-29)18-7-5-6-17(24-18)14-32-23-20(31-3)13-21-25-26-22(30(21)27-23)19-12-15(2)33-28-19/h5-7,12-13,16H,4,8-11,14H2,1-3H3. The van der Waals surface area contributed by atoms with Gasteiger partial charge in [-0.3, -0.25) is 4.98 Å². The molecule has 0 aromatic carbocycles. The predicted octanol–water partition coefficient (Wildman–Crippen LogP) is 3.27. The summed E-state index contributed by atoms with van der Waals surface area (Å²) in [7, 11) is 1.57. The third-order valence-electron chi connectivity index (χ3n) is 6.04. The van der Waals surface area contributed by atoms with E-state index in [4.69, 9.17) is 19.0 Å². The first-order chi connectivity index (χ1) is 16.1. The number of nitrogens with zero attached hydrogens (tertiary/aromatic N) is 7. The van der Waals surface area contributed by atoms with Crippen molar-refractivity contribution in [2.24, 2.45) is 0 Å². The second-order valence-corrected chi connectivity index (χ2v) is 8.19. The zero-order valence-electron chi connectivity index (χ0n) is 19.1. The van der Waals surface area contributed by atoms with Crippen LogP contribution in [0.5, 0.6) is 11.6 Å². The molecule has 1 aliphatic heterocycles. The molecule has 0 bridgehead atoms. The number of aromatic nitrogens is 6. The van der Waals surface area contributed by atoms with Crippen molar-refractivity contribution in [3.8, 4) is 23.1 Å². The van der Waals surface area contributed by atoms with Gasteiger partial charge in [-0.25, -0.2) is 0 Å². The quantitative estimate of drug-likeness (QED) is 0.420. The minimum Gasteiger partial charge on any atom is -0.491 e. The molecule has 1 saturated heterocycles. The minimum atomic E-state index is 0.275. The van der Waals surface area contributed by atoms with Gasteiger partial charge in [-0.05, 0) is 51.5 Å². The number of rotatable bonds is 7. The average molecular weight is 450 g/mol. The number of aryl methyl sites for hydroxylation is 1. The van der Waals surface area contributed by atoms with E-state index in [1.807, 2.05) is 19.1 Å². The van der Waals surface area contributed by atoms with Crippen LogP contribution in [-0.4, -0.2) is 61.6 Å². The highest BCUT2D eigenvalue weighted by atomic mass is 16.5. The van der Waals surface area contributed by atoms with E-state index in [0.717, 1.165) is 43.9 Å². The summed E-state index contributed by atoms with van der Waals surface area (Å²) in [4.78, 5) is 7.36. The normalized spacial score (nSPS) is 15.2. The Hall–Kier alpha value is -3.53. The van der Waals surface area contributed by atoms with E-state index in [-0.39, 0.29) is 6.61 Å². The molecule has 5 heterocycles. The van der Waals surface area contributed by atoms with Crippen molar-refractivity contribution >= 4 is 5.65 Å². The minimum absolute atomic E-state index is 0.275. The zero-order valence-corrected chi connectivity index (χ0v) is 19.1. The van der Waals surface area contributed by atoms with Crippen LogP contribution in [0, 0.1) is 6.92 Å². The van der Waals surface area contributed by atoms with Gasteiger partial charge in [-0.15, -0.1) is 15.3 Å². The summed E-state index contributed by atoms with van der Waals surface area (Å²) in [6, 6.07) is 9.65. The monoisotopic (exact) mass is 449 g/mol. The van der Waals surface area contributed by atoms with E-state index >= 15 is 0 Å². The van der Waals surface area contributed by atoms with Gasteiger partial charge in [0.25, 0.3) is 5.88 Å². The average Bonchev–Trinajstić information content (AvgIpc) is 3.47. The van der Waals surface area contributed by atoms with Gasteiger partial charge in [0.2, 0.25) is 5.82 Å². The number of methoxy groups -OCH3 is 1. The molecule has 0 saturated carbocycles. The smallest absolute Gasteiger partial charge is 0.275 e. The molecule has 5 rings (SSSR count). The zero-order chi connectivity index (χ0) is 22.8. The summed E-state index contributed by atoms with van der Waals surface area (Å²) in [6.45, 7) is 7.66. The largest absolute Gasteiger partial charge is 0.491 e. The highest BCUT2D eigenvalue weighted by Gasteiger charge is 2.21. The van der Waals surface area contributed by atoms with E-state index < -0.39 is 0 Å². The van der Waals surface area contributed by atoms with Gasteiger partial charge in [0.05, 0.1) is 12.8 Å². The molecule has 0 N–H and O–H groups in total. The Morgan fingerprint density at radius 1 is 1.15 bits per heavy atom. The molecule has 0 spiro atoms. The number of likely N-dealkylation sites (tertiary alicyclic amines) is 1. The summed E-state index contributed by atoms with van der Waals surface area (Å²) in [5.41, 5.74) is 3.05. The Morgan fingerprint density at radius 3 is 2.73 bits per heavy atom. The first-order valence-electron chi connectivity index (χ1n) is 11.2. The Kier molecular flexibility index (Phi) is 5.91. The summed E-state index contributed by atoms with van der Waals surface area (Å²) in [5.74, 6) is 2.43. The number of pyridine rings is 1. The molecule has 172 valence electrons. The molecule has 0 aliphatic carbocycles. The first-order valence-corrected chi connectivity index (χ1v) is 11.2. The molecule has 1 fully saturated rings. The van der Waals surface area contributed by atoms with E-state index in [0.29, 0.717) is 40.5 Å². The van der Waals surface area contributed by atoms with Crippen LogP contribution in [0.3, 0.4) is 0 Å². The van der Waals surface area contributed by atoms with Gasteiger partial charge in [-0.1, -0.05) is 18.1 Å². The lowest BCUT2D eigenvalue weighted by Gasteiger charge is -2.30. The number of piperidine rings is 1. The van der Waals surface area contributed by atoms with E-state index in [9.17, 15) is 0 Å². The number of hydrogen-bond donors (Lipinski definition) is 0. The fourth-order valence-electron chi connectivity index (χ4n) is 4.17. The Bertz CT molecular complexity index is 1240. The maximum atomic E-state index is 6.04. The molecule has 0 unspecified atom stereocenters. The van der Waals surface area contributed by atoms with Gasteiger partial charge in [0, 0.05) is 23.7 Å². The molecule has 0 radical (unpaired) electrons. The number of ether oxygens (including phenoxy) is 2. The fourth-order valence-corrected chi connectivity index (χ4v) is 4.17. The number of fused-ring (bicyclic) bond motifs is 1. The molecule has 0 atom stereocenters. The lowest BCUT2D eigenvalue weighted by molar-refractivity contribution is 0.220. The van der Waals surface area contributed by atoms with Crippen molar-refractivity contribution < 1.29 is 14.0 Å². The lowest BCUT2D eigenvalue weighted by atomic mass is 9.93. The molecule has 10 nitrogen and oxygen atoms in total. The van der Waals surface area contributed by atoms with Gasteiger partial charge in [-0.2, -0.15) is 4.52 Å². The lowest BCUT2D eigenvalue weighted by Crippen LogP contribution is -2.32. The van der Waals surface area contributed by atoms with Crippen LogP contribution in [0.4, 0.5) is 0 Å². The third kappa shape index (κ3) is 4.38. The van der Waals surface area contributed by atoms with Crippen molar-refractivity contribution in [1.82, 2.24) is 34.9 Å².